The predicted molar refractivity (Wildman–Crippen MR) is 127 cm³/mol. The smallest absolute Gasteiger partial charge is 0.208 e. The molecule has 0 saturated carbocycles. The van der Waals surface area contributed by atoms with Crippen molar-refractivity contribution in [1.29, 1.82) is 0 Å². The minimum Gasteiger partial charge on any atom is -0.444 e. The zero-order valence-corrected chi connectivity index (χ0v) is 20.8. The normalized spacial score (nSPS) is 21.4. The van der Waals surface area contributed by atoms with Gasteiger partial charge < -0.3 is 19.4 Å². The first-order valence-electron chi connectivity index (χ1n) is 10.8. The van der Waals surface area contributed by atoms with Crippen LogP contribution in [0.5, 0.6) is 0 Å². The topological polar surface area (TPSA) is 66.1 Å². The van der Waals surface area contributed by atoms with Crippen molar-refractivity contribution in [2.75, 3.05) is 53.0 Å². The molecule has 29 heavy (non-hydrogen) atoms. The summed E-state index contributed by atoms with van der Waals surface area (Å²) in [6.07, 6.45) is 3.60. The maximum absolute atomic E-state index is 5.73. The summed E-state index contributed by atoms with van der Waals surface area (Å²) in [5.41, 5.74) is 1.01. The summed E-state index contributed by atoms with van der Waals surface area (Å²) in [4.78, 5) is 13.9. The fraction of sp³-hybridized carbons (Fsp3) is 0.810. The van der Waals surface area contributed by atoms with Crippen molar-refractivity contribution in [3.63, 3.8) is 0 Å². The van der Waals surface area contributed by atoms with E-state index in [1.54, 1.807) is 0 Å². The van der Waals surface area contributed by atoms with Gasteiger partial charge in [0.1, 0.15) is 5.76 Å². The Labute approximate surface area is 192 Å². The van der Waals surface area contributed by atoms with E-state index in [-0.39, 0.29) is 24.0 Å². The van der Waals surface area contributed by atoms with Gasteiger partial charge in [0.25, 0.3) is 0 Å². The number of aliphatic imine (C=N–C) groups is 1. The molecule has 0 aromatic carbocycles. The number of guanidine groups is 1. The number of likely N-dealkylation sites (tertiary alicyclic amines) is 2. The van der Waals surface area contributed by atoms with Crippen LogP contribution in [0.25, 0.3) is 0 Å². The summed E-state index contributed by atoms with van der Waals surface area (Å²) in [7, 11) is 1.89. The number of rotatable bonds is 7. The second-order valence-electron chi connectivity index (χ2n) is 8.16. The average molecular weight is 519 g/mol. The Morgan fingerprint density at radius 3 is 2.55 bits per heavy atom. The molecule has 1 atom stereocenters. The van der Waals surface area contributed by atoms with Crippen LogP contribution in [0.4, 0.5) is 0 Å². The molecule has 7 nitrogen and oxygen atoms in total. The minimum atomic E-state index is 0. The van der Waals surface area contributed by atoms with Gasteiger partial charge in [-0.3, -0.25) is 9.89 Å². The lowest BCUT2D eigenvalue weighted by atomic mass is 9.97. The van der Waals surface area contributed by atoms with Gasteiger partial charge in [-0.25, -0.2) is 4.98 Å². The molecule has 2 aliphatic heterocycles. The number of aromatic nitrogens is 1. The first-order valence-corrected chi connectivity index (χ1v) is 10.8. The van der Waals surface area contributed by atoms with E-state index in [1.165, 1.54) is 19.3 Å². The Hall–Kier alpha value is -0.870. The lowest BCUT2D eigenvalue weighted by Gasteiger charge is -2.32. The SMILES string of the molecule is CCOCC1CCN(C(=NC)NCC2CCN(Cc3nc(C)c(C)o3)CC2)C1.I. The molecule has 3 heterocycles. The quantitative estimate of drug-likeness (QED) is 0.340. The highest BCUT2D eigenvalue weighted by molar-refractivity contribution is 14.0. The lowest BCUT2D eigenvalue weighted by molar-refractivity contribution is 0.114. The predicted octanol–water partition coefficient (Wildman–Crippen LogP) is 3.06. The fourth-order valence-electron chi connectivity index (χ4n) is 4.16. The Morgan fingerprint density at radius 2 is 1.93 bits per heavy atom. The highest BCUT2D eigenvalue weighted by Gasteiger charge is 2.26. The molecule has 0 amide bonds. The van der Waals surface area contributed by atoms with Crippen molar-refractivity contribution >= 4 is 29.9 Å². The van der Waals surface area contributed by atoms with Gasteiger partial charge in [-0.05, 0) is 59.0 Å². The molecule has 1 N–H and O–H groups in total. The fourth-order valence-corrected chi connectivity index (χ4v) is 4.16. The second kappa shape index (κ2) is 12.1. The summed E-state index contributed by atoms with van der Waals surface area (Å²) >= 11 is 0. The van der Waals surface area contributed by atoms with Crippen molar-refractivity contribution in [3.8, 4) is 0 Å². The molecule has 0 spiro atoms. The molecule has 2 aliphatic rings. The third kappa shape index (κ3) is 7.10. The summed E-state index contributed by atoms with van der Waals surface area (Å²) < 4.78 is 11.3. The number of hydrogen-bond donors (Lipinski definition) is 1. The maximum atomic E-state index is 5.73. The van der Waals surface area contributed by atoms with Crippen molar-refractivity contribution in [2.45, 2.75) is 46.6 Å². The van der Waals surface area contributed by atoms with Gasteiger partial charge in [0, 0.05) is 39.2 Å². The molecule has 1 aromatic rings. The number of oxazole rings is 1. The van der Waals surface area contributed by atoms with Crippen molar-refractivity contribution in [1.82, 2.24) is 20.1 Å². The maximum Gasteiger partial charge on any atom is 0.208 e. The Bertz CT molecular complexity index is 624. The molecular weight excluding hydrogens is 481 g/mol. The molecule has 1 unspecified atom stereocenters. The van der Waals surface area contributed by atoms with E-state index in [1.807, 2.05) is 20.9 Å². The average Bonchev–Trinajstić information content (AvgIpc) is 3.28. The van der Waals surface area contributed by atoms with E-state index in [0.29, 0.717) is 11.8 Å². The van der Waals surface area contributed by atoms with E-state index in [0.717, 1.165) is 75.8 Å². The summed E-state index contributed by atoms with van der Waals surface area (Å²) in [6, 6.07) is 0. The van der Waals surface area contributed by atoms with Gasteiger partial charge in [-0.1, -0.05) is 0 Å². The first kappa shape index (κ1) is 24.4. The lowest BCUT2D eigenvalue weighted by Crippen LogP contribution is -2.44. The van der Waals surface area contributed by atoms with E-state index < -0.39 is 0 Å². The van der Waals surface area contributed by atoms with Crippen LogP contribution >= 0.6 is 24.0 Å². The third-order valence-electron chi connectivity index (χ3n) is 6.04. The van der Waals surface area contributed by atoms with E-state index in [2.05, 4.69) is 32.0 Å². The number of halogens is 1. The molecule has 8 heteroatoms. The number of piperidine rings is 1. The van der Waals surface area contributed by atoms with Gasteiger partial charge in [-0.15, -0.1) is 24.0 Å². The molecule has 1 aromatic heterocycles. The Morgan fingerprint density at radius 1 is 1.21 bits per heavy atom. The van der Waals surface area contributed by atoms with Gasteiger partial charge in [-0.2, -0.15) is 0 Å². The van der Waals surface area contributed by atoms with E-state index in [9.17, 15) is 0 Å². The Kier molecular flexibility index (Phi) is 10.2. The van der Waals surface area contributed by atoms with Crippen LogP contribution in [0, 0.1) is 25.7 Å². The molecular formula is C21H38IN5O2. The summed E-state index contributed by atoms with van der Waals surface area (Å²) in [6.45, 7) is 13.9. The molecule has 0 radical (unpaired) electrons. The number of nitrogens with one attached hydrogen (secondary N) is 1. The minimum absolute atomic E-state index is 0. The molecule has 0 bridgehead atoms. The molecule has 166 valence electrons. The second-order valence-corrected chi connectivity index (χ2v) is 8.16. The number of aryl methyl sites for hydroxylation is 2. The number of ether oxygens (including phenoxy) is 1. The van der Waals surface area contributed by atoms with Crippen LogP contribution < -0.4 is 5.32 Å². The van der Waals surface area contributed by atoms with Crippen molar-refractivity contribution in [3.05, 3.63) is 17.3 Å². The highest BCUT2D eigenvalue weighted by Crippen LogP contribution is 2.20. The number of nitrogens with zero attached hydrogens (tertiary/aromatic N) is 4. The van der Waals surface area contributed by atoms with Crippen LogP contribution in [0.3, 0.4) is 0 Å². The van der Waals surface area contributed by atoms with Crippen molar-refractivity contribution in [2.24, 2.45) is 16.8 Å². The molecule has 0 aliphatic carbocycles. The molecule has 2 saturated heterocycles. The van der Waals surface area contributed by atoms with Crippen LogP contribution in [0.2, 0.25) is 0 Å². The van der Waals surface area contributed by atoms with E-state index in [4.69, 9.17) is 9.15 Å². The van der Waals surface area contributed by atoms with Gasteiger partial charge in [0.2, 0.25) is 5.89 Å². The highest BCUT2D eigenvalue weighted by atomic mass is 127. The zero-order valence-electron chi connectivity index (χ0n) is 18.4. The van der Waals surface area contributed by atoms with Gasteiger partial charge >= 0.3 is 0 Å². The standard InChI is InChI=1S/C21H37N5O2.HI/c1-5-27-15-19-8-11-26(13-19)21(22-4)23-12-18-6-9-25(10-7-18)14-20-24-16(2)17(3)28-20;/h18-19H,5-15H2,1-4H3,(H,22,23);1H. The molecule has 2 fully saturated rings. The van der Waals surface area contributed by atoms with E-state index >= 15 is 0 Å². The van der Waals surface area contributed by atoms with Gasteiger partial charge in [0.05, 0.1) is 18.8 Å². The van der Waals surface area contributed by atoms with Crippen LogP contribution in [-0.2, 0) is 11.3 Å². The largest absolute Gasteiger partial charge is 0.444 e. The first-order chi connectivity index (χ1) is 13.6. The van der Waals surface area contributed by atoms with Crippen LogP contribution in [-0.4, -0.2) is 73.7 Å². The zero-order chi connectivity index (χ0) is 19.9. The third-order valence-corrected chi connectivity index (χ3v) is 6.04. The number of hydrogen-bond acceptors (Lipinski definition) is 5. The van der Waals surface area contributed by atoms with Crippen LogP contribution in [0.1, 0.15) is 43.5 Å². The Balaban J connectivity index is 0.00000300. The van der Waals surface area contributed by atoms with Crippen LogP contribution in [0.15, 0.2) is 9.41 Å². The van der Waals surface area contributed by atoms with Gasteiger partial charge in [0.15, 0.2) is 5.96 Å². The summed E-state index contributed by atoms with van der Waals surface area (Å²) in [5, 5.41) is 3.62. The summed E-state index contributed by atoms with van der Waals surface area (Å²) in [5.74, 6) is 4.16. The molecule has 3 rings (SSSR count). The van der Waals surface area contributed by atoms with Crippen molar-refractivity contribution < 1.29 is 9.15 Å². The monoisotopic (exact) mass is 519 g/mol.